The zero-order valence-corrected chi connectivity index (χ0v) is 11.5. The summed E-state index contributed by atoms with van der Waals surface area (Å²) in [5.74, 6) is 0. The van der Waals surface area contributed by atoms with Crippen molar-refractivity contribution in [3.05, 3.63) is 22.3 Å². The molecule has 0 spiro atoms. The van der Waals surface area contributed by atoms with E-state index in [0.29, 0.717) is 0 Å². The van der Waals surface area contributed by atoms with E-state index in [2.05, 4.69) is 27.5 Å². The second-order valence-corrected chi connectivity index (χ2v) is 18.6. The van der Waals surface area contributed by atoms with Crippen molar-refractivity contribution in [3.63, 3.8) is 0 Å². The molecule has 0 N–H and O–H groups in total. The molecule has 0 radical (unpaired) electrons. The molecule has 0 aliphatic rings. The Labute approximate surface area is 80.4 Å². The predicted molar refractivity (Wildman–Crippen MR) is 58.1 cm³/mol. The number of rotatable bonds is 5. The van der Waals surface area contributed by atoms with Crippen LogP contribution in [0.4, 0.5) is 0 Å². The van der Waals surface area contributed by atoms with Gasteiger partial charge in [0.2, 0.25) is 0 Å². The Balaban J connectivity index is 4.31. The molecule has 0 rings (SSSR count). The van der Waals surface area contributed by atoms with Gasteiger partial charge in [0.15, 0.2) is 0 Å². The topological polar surface area (TPSA) is 9.23 Å². The fourth-order valence-corrected chi connectivity index (χ4v) is 4.69. The molecule has 0 bridgehead atoms. The van der Waals surface area contributed by atoms with Crippen molar-refractivity contribution in [2.75, 3.05) is 13.7 Å². The summed E-state index contributed by atoms with van der Waals surface area (Å²) in [6.07, 6.45) is 5.20. The molecule has 1 nitrogen and oxygen atoms in total. The minimum atomic E-state index is -1.85. The molecular weight excluding hydrogens is 255 g/mol. The van der Waals surface area contributed by atoms with Gasteiger partial charge in [-0.1, -0.05) is 0 Å². The summed E-state index contributed by atoms with van der Waals surface area (Å²) < 4.78 is 6.73. The average molecular weight is 275 g/mol. The summed E-state index contributed by atoms with van der Waals surface area (Å²) in [5.41, 5.74) is 0. The molecule has 0 aliphatic heterocycles. The first-order chi connectivity index (χ1) is 5.52. The standard InChI is InChI=1S/C7H11O.3CH3.Sn/c1-3-4-5-6-7-8-2;;;;/h3,5H,1,4,7H2,2H3;3*1H3;. The zero-order valence-electron chi connectivity index (χ0n) is 8.68. The van der Waals surface area contributed by atoms with Gasteiger partial charge in [-0.3, -0.25) is 0 Å². The van der Waals surface area contributed by atoms with E-state index in [1.807, 2.05) is 6.08 Å². The van der Waals surface area contributed by atoms with Gasteiger partial charge in [0.1, 0.15) is 0 Å². The monoisotopic (exact) mass is 276 g/mol. The van der Waals surface area contributed by atoms with Gasteiger partial charge >= 0.3 is 80.4 Å². The van der Waals surface area contributed by atoms with Crippen LogP contribution in [0.2, 0.25) is 14.8 Å². The molecule has 0 aromatic rings. The molecule has 2 heteroatoms. The van der Waals surface area contributed by atoms with Crippen LogP contribution in [0, 0.1) is 0 Å². The predicted octanol–water partition coefficient (Wildman–Crippen LogP) is 3.01. The Morgan fingerprint density at radius 2 is 2.00 bits per heavy atom. The summed E-state index contributed by atoms with van der Waals surface area (Å²) in [4.78, 5) is 7.22. The fraction of sp³-hybridized carbons (Fsp3) is 0.600. The van der Waals surface area contributed by atoms with Crippen molar-refractivity contribution >= 4 is 18.4 Å². The van der Waals surface area contributed by atoms with E-state index in [1.165, 1.54) is 0 Å². The van der Waals surface area contributed by atoms with Gasteiger partial charge in [0.25, 0.3) is 0 Å². The third kappa shape index (κ3) is 4.99. The zero-order chi connectivity index (χ0) is 9.61. The summed E-state index contributed by atoms with van der Waals surface area (Å²) in [5, 5.41) is 0. The SMILES string of the molecule is C=CC/C=[C](/COC)[Sn]([CH3])([CH3])[CH3]. The normalized spacial score (nSPS) is 13.2. The van der Waals surface area contributed by atoms with Gasteiger partial charge < -0.3 is 0 Å². The van der Waals surface area contributed by atoms with Crippen LogP contribution in [-0.2, 0) is 4.74 Å². The summed E-state index contributed by atoms with van der Waals surface area (Å²) in [7, 11) is 1.76. The number of ether oxygens (including phenoxy) is 1. The maximum absolute atomic E-state index is 5.18. The second-order valence-electron chi connectivity index (χ2n) is 3.94. The van der Waals surface area contributed by atoms with E-state index in [0.717, 1.165) is 13.0 Å². The molecule has 0 atom stereocenters. The Bertz CT molecular complexity index is 165. The summed E-state index contributed by atoms with van der Waals surface area (Å²) >= 11 is -1.85. The van der Waals surface area contributed by atoms with Gasteiger partial charge in [-0.05, 0) is 0 Å². The summed E-state index contributed by atoms with van der Waals surface area (Å²) in [6, 6.07) is 0. The van der Waals surface area contributed by atoms with Crippen LogP contribution in [0.1, 0.15) is 6.42 Å². The fourth-order valence-electron chi connectivity index (χ4n) is 0.963. The van der Waals surface area contributed by atoms with Crippen LogP contribution in [0.5, 0.6) is 0 Å². The van der Waals surface area contributed by atoms with Crippen molar-refractivity contribution in [1.29, 1.82) is 0 Å². The van der Waals surface area contributed by atoms with Gasteiger partial charge in [-0.25, -0.2) is 0 Å². The van der Waals surface area contributed by atoms with E-state index < -0.39 is 18.4 Å². The third-order valence-corrected chi connectivity index (χ3v) is 8.29. The molecule has 70 valence electrons. The van der Waals surface area contributed by atoms with Gasteiger partial charge in [0, 0.05) is 0 Å². The van der Waals surface area contributed by atoms with E-state index in [1.54, 1.807) is 10.7 Å². The van der Waals surface area contributed by atoms with Crippen LogP contribution in [0.25, 0.3) is 0 Å². The number of methoxy groups -OCH3 is 1. The molecule has 0 heterocycles. The first kappa shape index (κ1) is 12.2. The van der Waals surface area contributed by atoms with E-state index in [-0.39, 0.29) is 0 Å². The Morgan fingerprint density at radius 1 is 1.42 bits per heavy atom. The molecule has 0 saturated carbocycles. The summed E-state index contributed by atoms with van der Waals surface area (Å²) in [6.45, 7) is 4.53. The van der Waals surface area contributed by atoms with Crippen molar-refractivity contribution in [3.8, 4) is 0 Å². The average Bonchev–Trinajstić information content (AvgIpc) is 1.95. The molecule has 0 unspecified atom stereocenters. The van der Waals surface area contributed by atoms with Crippen molar-refractivity contribution in [2.45, 2.75) is 21.2 Å². The second kappa shape index (κ2) is 5.81. The third-order valence-electron chi connectivity index (χ3n) is 1.79. The van der Waals surface area contributed by atoms with Crippen molar-refractivity contribution < 1.29 is 4.74 Å². The van der Waals surface area contributed by atoms with Crippen LogP contribution >= 0.6 is 0 Å². The molecule has 0 aromatic carbocycles. The van der Waals surface area contributed by atoms with Crippen molar-refractivity contribution in [1.82, 2.24) is 0 Å². The first-order valence-corrected chi connectivity index (χ1v) is 14.3. The quantitative estimate of drug-likeness (QED) is 0.553. The van der Waals surface area contributed by atoms with Gasteiger partial charge in [-0.2, -0.15) is 0 Å². The Hall–Kier alpha value is 0.239. The molecule has 0 amide bonds. The Morgan fingerprint density at radius 3 is 2.33 bits per heavy atom. The first-order valence-electron chi connectivity index (χ1n) is 4.31. The van der Waals surface area contributed by atoms with Crippen LogP contribution in [-0.4, -0.2) is 32.1 Å². The van der Waals surface area contributed by atoms with Crippen molar-refractivity contribution in [2.24, 2.45) is 0 Å². The maximum atomic E-state index is 5.18. The number of allylic oxidation sites excluding steroid dienone is 2. The number of hydrogen-bond acceptors (Lipinski definition) is 1. The van der Waals surface area contributed by atoms with Crippen LogP contribution in [0.3, 0.4) is 0 Å². The molecule has 0 fully saturated rings. The molecular formula is C10H20OSn. The Kier molecular flexibility index (Phi) is 5.93. The van der Waals surface area contributed by atoms with Crippen LogP contribution in [0.15, 0.2) is 22.3 Å². The number of hydrogen-bond donors (Lipinski definition) is 0. The van der Waals surface area contributed by atoms with E-state index in [4.69, 9.17) is 4.74 Å². The molecule has 12 heavy (non-hydrogen) atoms. The van der Waals surface area contributed by atoms with E-state index >= 15 is 0 Å². The van der Waals surface area contributed by atoms with Crippen LogP contribution < -0.4 is 0 Å². The van der Waals surface area contributed by atoms with Gasteiger partial charge in [-0.15, -0.1) is 0 Å². The molecule has 0 saturated heterocycles. The van der Waals surface area contributed by atoms with Gasteiger partial charge in [0.05, 0.1) is 0 Å². The minimum absolute atomic E-state index is 0.813. The van der Waals surface area contributed by atoms with E-state index in [9.17, 15) is 0 Å². The molecule has 0 aliphatic carbocycles. The molecule has 0 aromatic heterocycles.